The Balaban J connectivity index is 0.000000149. The molecule has 0 unspecified atom stereocenters. The number of rotatable bonds is 13. The number of nitrogens with one attached hydrogen (secondary N) is 4. The summed E-state index contributed by atoms with van der Waals surface area (Å²) < 4.78 is 40.4. The minimum Gasteiger partial charge on any atom is -0.508 e. The number of urea groups is 1. The number of hydrogen-bond acceptors (Lipinski definition) is 17. The summed E-state index contributed by atoms with van der Waals surface area (Å²) in [6.45, 7) is 21.3. The van der Waals surface area contributed by atoms with Crippen molar-refractivity contribution in [3.63, 3.8) is 0 Å². The highest BCUT2D eigenvalue weighted by molar-refractivity contribution is 7.90. The third-order valence-electron chi connectivity index (χ3n) is 15.9. The van der Waals surface area contributed by atoms with E-state index in [1.807, 2.05) is 102 Å². The molecule has 3 atom stereocenters. The standard InChI is InChI=1S/C24H32N6O3.C21H25N5O3S.C19H20ClN5O2/c1-14(2)25-24(31)27-18-9-10-29(13-18)19-11-15(3)28-30-22(16(4)26-23(19)30)17-7-8-20(32-5)21(12-17)33-6;1-13-10-19(25-9-8-17(12-25)23-15(3)27)21-22-14(2)20(26(21)24-13)16-6-5-7-18(11-16)30(4,28)29;1-11-18(13-3-5-15(27)6-4-13)25-19(21-11)16(9-17(20)23-25)24-8-7-14(10-24)22-12(2)26/h7-8,11-12,14,18H,9-10,13H2,1-6H3,(H2,25,27,31);5-7,10-11,17H,8-9,12H2,1-4H3,(H,23,27);3-6,9,14,27H,7-8,10H2,1-2H3,(H,22,26)/t18-;17-;14-/m111/s1. The highest BCUT2D eigenvalue weighted by Crippen LogP contribution is 2.38. The molecule has 3 aliphatic rings. The molecule has 0 spiro atoms. The third kappa shape index (κ3) is 14.0. The number of imidazole rings is 3. The SMILES string of the molecule is CC(=O)N[C@@H]1CCN(c2cc(C)nn3c(-c4cccc(S(C)(=O)=O)c4)c(C)nc23)C1.CC(=O)N[C@@H]1CCN(c2cc(Cl)nn3c(-c4ccc(O)cc4)c(C)nc23)C1.COc1ccc(-c2c(C)nc3c(N4CC[C@@H](NC(=O)NC(C)C)C4)cc(C)nn23)cc1OC. The molecule has 3 aliphatic heterocycles. The first-order valence-electron chi connectivity index (χ1n) is 29.8. The fourth-order valence-electron chi connectivity index (χ4n) is 12.1. The Kier molecular flexibility index (Phi) is 18.8. The van der Waals surface area contributed by atoms with E-state index in [0.717, 1.165) is 142 Å². The van der Waals surface area contributed by atoms with Gasteiger partial charge in [-0.3, -0.25) is 9.59 Å². The van der Waals surface area contributed by atoms with Gasteiger partial charge < -0.3 is 50.5 Å². The lowest BCUT2D eigenvalue weighted by atomic mass is 10.1. The number of aromatic hydroxyl groups is 1. The summed E-state index contributed by atoms with van der Waals surface area (Å²) in [4.78, 5) is 56.2. The van der Waals surface area contributed by atoms with Crippen LogP contribution in [0.5, 0.6) is 17.2 Å². The highest BCUT2D eigenvalue weighted by Gasteiger charge is 2.31. The van der Waals surface area contributed by atoms with E-state index in [2.05, 4.69) is 52.2 Å². The molecule has 0 bridgehead atoms. The lowest BCUT2D eigenvalue weighted by molar-refractivity contribution is -0.120. The Hall–Kier alpha value is -9.23. The molecular formula is C64H77ClN16O8S. The van der Waals surface area contributed by atoms with Gasteiger partial charge in [0, 0.05) is 106 Å². The summed E-state index contributed by atoms with van der Waals surface area (Å²) in [7, 11) is -0.0693. The summed E-state index contributed by atoms with van der Waals surface area (Å²) in [6, 6.07) is 25.8. The van der Waals surface area contributed by atoms with E-state index in [0.29, 0.717) is 29.7 Å². The number of aromatic nitrogens is 9. The van der Waals surface area contributed by atoms with Gasteiger partial charge in [0.15, 0.2) is 43.4 Å². The maximum atomic E-state index is 12.1. The Morgan fingerprint density at radius 2 is 1.01 bits per heavy atom. The van der Waals surface area contributed by atoms with Crippen LogP contribution in [0.1, 0.15) is 75.4 Å². The lowest BCUT2D eigenvalue weighted by Crippen LogP contribution is -2.45. The van der Waals surface area contributed by atoms with Crippen LogP contribution in [-0.4, -0.2) is 159 Å². The molecule has 4 amide bonds. The number of halogens is 1. The monoisotopic (exact) mass is 1260 g/mol. The Morgan fingerprint density at radius 3 is 1.47 bits per heavy atom. The number of methoxy groups -OCH3 is 2. The number of carbonyl (C=O) groups is 3. The topological polar surface area (TPSA) is 272 Å². The largest absolute Gasteiger partial charge is 0.508 e. The number of ether oxygens (including phenoxy) is 2. The second-order valence-corrected chi connectivity index (χ2v) is 25.8. The highest BCUT2D eigenvalue weighted by atomic mass is 35.5. The summed E-state index contributed by atoms with van der Waals surface area (Å²) in [5.41, 5.74) is 14.5. The van der Waals surface area contributed by atoms with Gasteiger partial charge in [-0.1, -0.05) is 23.7 Å². The number of hydrogen-bond donors (Lipinski definition) is 5. The van der Waals surface area contributed by atoms with Gasteiger partial charge >= 0.3 is 6.03 Å². The number of carbonyl (C=O) groups excluding carboxylic acids is 3. The molecule has 12 rings (SSSR count). The zero-order valence-electron chi connectivity index (χ0n) is 52.7. The Bertz CT molecular complexity index is 4300. The zero-order valence-corrected chi connectivity index (χ0v) is 54.3. The maximum Gasteiger partial charge on any atom is 0.315 e. The number of anilines is 3. The molecule has 24 nitrogen and oxygen atoms in total. The van der Waals surface area contributed by atoms with Crippen LogP contribution in [0.25, 0.3) is 50.7 Å². The smallest absolute Gasteiger partial charge is 0.315 e. The van der Waals surface area contributed by atoms with Gasteiger partial charge in [-0.15, -0.1) is 0 Å². The van der Waals surface area contributed by atoms with E-state index in [9.17, 15) is 27.9 Å². The summed E-state index contributed by atoms with van der Waals surface area (Å²) in [5.74, 6) is 1.49. The van der Waals surface area contributed by atoms with Gasteiger partial charge in [0.25, 0.3) is 0 Å². The number of benzene rings is 3. The van der Waals surface area contributed by atoms with E-state index >= 15 is 0 Å². The van der Waals surface area contributed by atoms with Crippen molar-refractivity contribution < 1.29 is 37.4 Å². The van der Waals surface area contributed by atoms with Gasteiger partial charge in [-0.05, 0) is 134 Å². The predicted octanol–water partition coefficient (Wildman–Crippen LogP) is 8.23. The number of phenolic OH excluding ortho intramolecular Hbond substituents is 1. The van der Waals surface area contributed by atoms with Gasteiger partial charge in [0.1, 0.15) is 5.75 Å². The summed E-state index contributed by atoms with van der Waals surface area (Å²) in [6.07, 6.45) is 3.82. The van der Waals surface area contributed by atoms with Crippen molar-refractivity contribution in [1.82, 2.24) is 65.1 Å². The second-order valence-electron chi connectivity index (χ2n) is 23.4. The Morgan fingerprint density at radius 1 is 0.578 bits per heavy atom. The molecule has 0 radical (unpaired) electrons. The quantitative estimate of drug-likeness (QED) is 0.0727. The molecular weight excluding hydrogens is 1190 g/mol. The van der Waals surface area contributed by atoms with E-state index < -0.39 is 9.84 Å². The van der Waals surface area contributed by atoms with Crippen LogP contribution < -0.4 is 45.4 Å². The van der Waals surface area contributed by atoms with Crippen LogP contribution in [0.3, 0.4) is 0 Å². The van der Waals surface area contributed by atoms with Gasteiger partial charge in [0.2, 0.25) is 11.8 Å². The molecule has 9 aromatic rings. The molecule has 474 valence electrons. The van der Waals surface area contributed by atoms with Crippen LogP contribution in [0.15, 0.2) is 89.8 Å². The van der Waals surface area contributed by atoms with E-state index in [-0.39, 0.29) is 52.7 Å². The maximum absolute atomic E-state index is 12.1. The molecule has 26 heteroatoms. The number of aryl methyl sites for hydroxylation is 5. The van der Waals surface area contributed by atoms with Crippen LogP contribution in [0.4, 0.5) is 21.9 Å². The van der Waals surface area contributed by atoms with Crippen molar-refractivity contribution in [2.45, 2.75) is 111 Å². The van der Waals surface area contributed by atoms with Crippen molar-refractivity contribution in [2.75, 3.05) is 74.4 Å². The average molecular weight is 1270 g/mol. The summed E-state index contributed by atoms with van der Waals surface area (Å²) in [5, 5.41) is 35.8. The minimum absolute atomic E-state index is 0.0222. The third-order valence-corrected chi connectivity index (χ3v) is 17.2. The van der Waals surface area contributed by atoms with Crippen molar-refractivity contribution in [1.29, 1.82) is 0 Å². The Labute approximate surface area is 527 Å². The van der Waals surface area contributed by atoms with Crippen molar-refractivity contribution in [2.24, 2.45) is 0 Å². The first kappa shape index (κ1) is 63.8. The van der Waals surface area contributed by atoms with Gasteiger partial charge in [0.05, 0.1) is 81.7 Å². The molecule has 0 aliphatic carbocycles. The molecule has 3 saturated heterocycles. The number of fused-ring (bicyclic) bond motifs is 3. The van der Waals surface area contributed by atoms with Crippen LogP contribution in [0, 0.1) is 34.6 Å². The van der Waals surface area contributed by atoms with Crippen molar-refractivity contribution in [3.05, 3.63) is 119 Å². The second kappa shape index (κ2) is 26.5. The van der Waals surface area contributed by atoms with Crippen LogP contribution >= 0.6 is 11.6 Å². The fourth-order valence-corrected chi connectivity index (χ4v) is 12.9. The molecule has 5 N–H and O–H groups in total. The zero-order chi connectivity index (χ0) is 64.5. The minimum atomic E-state index is -3.32. The molecule has 90 heavy (non-hydrogen) atoms. The number of nitrogens with zero attached hydrogens (tertiary/aromatic N) is 12. The van der Waals surface area contributed by atoms with Crippen LogP contribution in [0.2, 0.25) is 5.15 Å². The summed E-state index contributed by atoms with van der Waals surface area (Å²) >= 11 is 6.32. The molecule has 3 fully saturated rings. The number of amides is 4. The van der Waals surface area contributed by atoms with E-state index in [1.165, 1.54) is 20.1 Å². The molecule has 0 saturated carbocycles. The van der Waals surface area contributed by atoms with Gasteiger partial charge in [-0.2, -0.15) is 15.3 Å². The molecule has 9 heterocycles. The van der Waals surface area contributed by atoms with Crippen LogP contribution in [-0.2, 0) is 19.4 Å². The predicted molar refractivity (Wildman–Crippen MR) is 348 cm³/mol. The number of phenols is 1. The van der Waals surface area contributed by atoms with E-state index in [4.69, 9.17) is 41.1 Å². The fraction of sp³-hybridized carbons (Fsp3) is 0.391. The molecule has 6 aromatic heterocycles. The number of sulfone groups is 1. The normalized spacial score (nSPS) is 16.5. The van der Waals surface area contributed by atoms with Crippen molar-refractivity contribution in [3.8, 4) is 51.0 Å². The molecule has 3 aromatic carbocycles. The first-order chi connectivity index (χ1) is 42.8. The van der Waals surface area contributed by atoms with E-state index in [1.54, 1.807) is 53.6 Å². The van der Waals surface area contributed by atoms with Gasteiger partial charge in [-0.25, -0.2) is 41.7 Å². The lowest BCUT2D eigenvalue weighted by Gasteiger charge is -2.20. The van der Waals surface area contributed by atoms with Crippen molar-refractivity contribution >= 4 is 73.3 Å². The first-order valence-corrected chi connectivity index (χ1v) is 32.1. The average Bonchev–Trinajstić information content (AvgIpc) is 1.63.